The Kier molecular flexibility index (Phi) is 10.5. The zero-order valence-electron chi connectivity index (χ0n) is 14.2. The molecule has 0 amide bonds. The fourth-order valence-electron chi connectivity index (χ4n) is 3.32. The number of unbranched alkanes of at least 4 members (excludes halogenated alkanes) is 8. The molecule has 1 aliphatic rings. The van der Waals surface area contributed by atoms with Gasteiger partial charge in [-0.3, -0.25) is 4.79 Å². The maximum atomic E-state index is 10.4. The average molecular weight is 313 g/mol. The first-order valence-corrected chi connectivity index (χ1v) is 9.25. The molecule has 0 aromatic heterocycles. The van der Waals surface area contributed by atoms with Gasteiger partial charge < -0.3 is 15.5 Å². The van der Waals surface area contributed by atoms with Crippen LogP contribution in [0, 0.1) is 0 Å². The van der Waals surface area contributed by atoms with Crippen molar-refractivity contribution in [2.45, 2.75) is 109 Å². The summed E-state index contributed by atoms with van der Waals surface area (Å²) in [6, 6.07) is 0.854. The molecule has 1 aliphatic heterocycles. The van der Waals surface area contributed by atoms with Crippen LogP contribution in [0.3, 0.4) is 0 Å². The molecule has 3 N–H and O–H groups in total. The molecule has 0 bridgehead atoms. The summed E-state index contributed by atoms with van der Waals surface area (Å²) < 4.78 is 0. The van der Waals surface area contributed by atoms with Crippen molar-refractivity contribution in [3.8, 4) is 0 Å². The molecule has 4 nitrogen and oxygen atoms in total. The summed E-state index contributed by atoms with van der Waals surface area (Å²) in [6.07, 6.45) is 14.3. The lowest BCUT2D eigenvalue weighted by Gasteiger charge is -2.32. The SMILES string of the molecule is C[C@@H]1N[C@@H](CCCCCCCCCCCC(=O)O)CC[C@H]1O. The minimum Gasteiger partial charge on any atom is -0.481 e. The molecule has 22 heavy (non-hydrogen) atoms. The normalized spacial score (nSPS) is 25.3. The van der Waals surface area contributed by atoms with Gasteiger partial charge in [-0.05, 0) is 32.6 Å². The summed E-state index contributed by atoms with van der Waals surface area (Å²) >= 11 is 0. The molecule has 130 valence electrons. The zero-order valence-corrected chi connectivity index (χ0v) is 14.2. The first kappa shape index (κ1) is 19.4. The van der Waals surface area contributed by atoms with Gasteiger partial charge in [-0.1, -0.05) is 51.4 Å². The van der Waals surface area contributed by atoms with Crippen molar-refractivity contribution in [2.75, 3.05) is 0 Å². The molecule has 3 atom stereocenters. The van der Waals surface area contributed by atoms with Crippen LogP contribution in [0.4, 0.5) is 0 Å². The number of nitrogens with one attached hydrogen (secondary N) is 1. The van der Waals surface area contributed by atoms with E-state index in [-0.39, 0.29) is 12.1 Å². The molecule has 0 spiro atoms. The highest BCUT2D eigenvalue weighted by atomic mass is 16.4. The summed E-state index contributed by atoms with van der Waals surface area (Å²) in [5.41, 5.74) is 0. The lowest BCUT2D eigenvalue weighted by atomic mass is 9.93. The zero-order chi connectivity index (χ0) is 16.2. The smallest absolute Gasteiger partial charge is 0.303 e. The van der Waals surface area contributed by atoms with Crippen LogP contribution in [0.5, 0.6) is 0 Å². The Morgan fingerprint density at radius 3 is 2.05 bits per heavy atom. The minimum atomic E-state index is -0.670. The maximum Gasteiger partial charge on any atom is 0.303 e. The van der Waals surface area contributed by atoms with E-state index in [2.05, 4.69) is 12.2 Å². The van der Waals surface area contributed by atoms with Crippen LogP contribution in [0.25, 0.3) is 0 Å². The molecule has 0 aromatic rings. The van der Waals surface area contributed by atoms with Crippen molar-refractivity contribution in [3.63, 3.8) is 0 Å². The first-order chi connectivity index (χ1) is 10.6. The van der Waals surface area contributed by atoms with Gasteiger partial charge in [-0.25, -0.2) is 0 Å². The quantitative estimate of drug-likeness (QED) is 0.478. The average Bonchev–Trinajstić information content (AvgIpc) is 2.48. The number of aliphatic carboxylic acids is 1. The third kappa shape index (κ3) is 9.42. The molecule has 0 aromatic carbocycles. The minimum absolute atomic E-state index is 0.160. The molecule has 1 rings (SSSR count). The number of carboxylic acids is 1. The van der Waals surface area contributed by atoms with Crippen molar-refractivity contribution < 1.29 is 15.0 Å². The highest BCUT2D eigenvalue weighted by molar-refractivity contribution is 5.66. The van der Waals surface area contributed by atoms with Gasteiger partial charge in [0.15, 0.2) is 0 Å². The van der Waals surface area contributed by atoms with Crippen molar-refractivity contribution >= 4 is 5.97 Å². The Morgan fingerprint density at radius 2 is 1.50 bits per heavy atom. The topological polar surface area (TPSA) is 69.6 Å². The van der Waals surface area contributed by atoms with E-state index in [1.807, 2.05) is 0 Å². The van der Waals surface area contributed by atoms with E-state index in [1.165, 1.54) is 51.4 Å². The van der Waals surface area contributed by atoms with Gasteiger partial charge in [0.25, 0.3) is 0 Å². The number of rotatable bonds is 12. The largest absolute Gasteiger partial charge is 0.481 e. The van der Waals surface area contributed by atoms with Crippen molar-refractivity contribution in [1.29, 1.82) is 0 Å². The molecular weight excluding hydrogens is 278 g/mol. The molecular formula is C18H35NO3. The van der Waals surface area contributed by atoms with Gasteiger partial charge in [0, 0.05) is 18.5 Å². The van der Waals surface area contributed by atoms with Gasteiger partial charge in [-0.15, -0.1) is 0 Å². The Balaban J connectivity index is 1.81. The molecule has 1 fully saturated rings. The van der Waals surface area contributed by atoms with E-state index in [9.17, 15) is 9.90 Å². The number of aliphatic hydroxyl groups excluding tert-OH is 1. The molecule has 1 saturated heterocycles. The van der Waals surface area contributed by atoms with Crippen LogP contribution in [-0.2, 0) is 4.79 Å². The van der Waals surface area contributed by atoms with Crippen LogP contribution in [-0.4, -0.2) is 34.4 Å². The predicted molar refractivity (Wildman–Crippen MR) is 90.0 cm³/mol. The predicted octanol–water partition coefficient (Wildman–Crippen LogP) is 3.86. The van der Waals surface area contributed by atoms with Crippen LogP contribution in [0.2, 0.25) is 0 Å². The molecule has 0 saturated carbocycles. The van der Waals surface area contributed by atoms with Gasteiger partial charge in [-0.2, -0.15) is 0 Å². The Morgan fingerprint density at radius 1 is 0.955 bits per heavy atom. The van der Waals surface area contributed by atoms with E-state index in [1.54, 1.807) is 0 Å². The van der Waals surface area contributed by atoms with E-state index in [0.717, 1.165) is 25.7 Å². The highest BCUT2D eigenvalue weighted by Gasteiger charge is 2.24. The van der Waals surface area contributed by atoms with Crippen molar-refractivity contribution in [3.05, 3.63) is 0 Å². The summed E-state index contributed by atoms with van der Waals surface area (Å²) in [7, 11) is 0. The summed E-state index contributed by atoms with van der Waals surface area (Å²) in [6.45, 7) is 2.08. The number of carbonyl (C=O) groups is 1. The third-order valence-corrected chi connectivity index (χ3v) is 4.83. The summed E-state index contributed by atoms with van der Waals surface area (Å²) in [5, 5.41) is 21.7. The van der Waals surface area contributed by atoms with Crippen molar-refractivity contribution in [1.82, 2.24) is 5.32 Å². The second-order valence-corrected chi connectivity index (χ2v) is 6.91. The van der Waals surface area contributed by atoms with Crippen LogP contribution >= 0.6 is 0 Å². The Bertz CT molecular complexity index is 296. The van der Waals surface area contributed by atoms with Gasteiger partial charge in [0.1, 0.15) is 0 Å². The monoisotopic (exact) mass is 313 g/mol. The number of carboxylic acid groups (broad SMARTS) is 1. The van der Waals surface area contributed by atoms with E-state index < -0.39 is 5.97 Å². The van der Waals surface area contributed by atoms with Crippen LogP contribution < -0.4 is 5.32 Å². The first-order valence-electron chi connectivity index (χ1n) is 9.25. The number of hydrogen-bond donors (Lipinski definition) is 3. The fraction of sp³-hybridized carbons (Fsp3) is 0.944. The third-order valence-electron chi connectivity index (χ3n) is 4.83. The van der Waals surface area contributed by atoms with Crippen LogP contribution in [0.15, 0.2) is 0 Å². The Labute approximate surface area is 135 Å². The number of hydrogen-bond acceptors (Lipinski definition) is 3. The van der Waals surface area contributed by atoms with Crippen LogP contribution in [0.1, 0.15) is 90.4 Å². The lowest BCUT2D eigenvalue weighted by Crippen LogP contribution is -2.48. The van der Waals surface area contributed by atoms with Gasteiger partial charge >= 0.3 is 5.97 Å². The van der Waals surface area contributed by atoms with E-state index in [0.29, 0.717) is 12.5 Å². The van der Waals surface area contributed by atoms with E-state index >= 15 is 0 Å². The fourth-order valence-corrected chi connectivity index (χ4v) is 3.32. The molecule has 0 aliphatic carbocycles. The summed E-state index contributed by atoms with van der Waals surface area (Å²) in [5.74, 6) is -0.670. The highest BCUT2D eigenvalue weighted by Crippen LogP contribution is 2.18. The molecule has 4 heteroatoms. The Hall–Kier alpha value is -0.610. The summed E-state index contributed by atoms with van der Waals surface area (Å²) in [4.78, 5) is 10.4. The second-order valence-electron chi connectivity index (χ2n) is 6.91. The second kappa shape index (κ2) is 11.9. The van der Waals surface area contributed by atoms with Crippen molar-refractivity contribution in [2.24, 2.45) is 0 Å². The number of piperidine rings is 1. The van der Waals surface area contributed by atoms with Gasteiger partial charge in [0.05, 0.1) is 6.10 Å². The standard InChI is InChI=1S/C18H35NO3/c1-15-17(20)14-13-16(19-15)11-9-7-5-3-2-4-6-8-10-12-18(21)22/h15-17,19-20H,2-14H2,1H3,(H,21,22)/t15-,16-,17+/m0/s1. The molecule has 1 heterocycles. The lowest BCUT2D eigenvalue weighted by molar-refractivity contribution is -0.137. The molecule has 0 radical (unpaired) electrons. The van der Waals surface area contributed by atoms with Gasteiger partial charge in [0.2, 0.25) is 0 Å². The van der Waals surface area contributed by atoms with E-state index in [4.69, 9.17) is 5.11 Å². The maximum absolute atomic E-state index is 10.4. The number of aliphatic hydroxyl groups is 1. The molecule has 0 unspecified atom stereocenters.